The molecule has 0 aliphatic heterocycles. The molecule has 0 amide bonds. The quantitative estimate of drug-likeness (QED) is 0.216. The topological polar surface area (TPSA) is 80.8 Å². The minimum atomic E-state index is 0.585. The maximum atomic E-state index is 9.36. The number of hydrogen-bond acceptors (Lipinski definition) is 5. The number of fused-ring (bicyclic) bond motifs is 5. The average Bonchev–Trinajstić information content (AvgIpc) is 3.70. The van der Waals surface area contributed by atoms with Gasteiger partial charge in [-0.25, -0.2) is 9.97 Å². The van der Waals surface area contributed by atoms with Gasteiger partial charge in [-0.2, -0.15) is 5.26 Å². The van der Waals surface area contributed by atoms with E-state index in [1.807, 2.05) is 36.4 Å². The predicted octanol–water partition coefficient (Wildman–Crippen LogP) is 9.51. The summed E-state index contributed by atoms with van der Waals surface area (Å²) in [7, 11) is 0. The summed E-state index contributed by atoms with van der Waals surface area (Å²) in [5.74, 6) is 1.17. The third kappa shape index (κ3) is 3.93. The molecule has 0 aliphatic rings. The van der Waals surface area contributed by atoms with Gasteiger partial charge in [0.1, 0.15) is 11.0 Å². The third-order valence-corrected chi connectivity index (χ3v) is 8.52. The van der Waals surface area contributed by atoms with Crippen LogP contribution in [0.3, 0.4) is 0 Å². The van der Waals surface area contributed by atoms with Gasteiger partial charge in [-0.3, -0.25) is 0 Å². The number of hydrogen-bond donors (Lipinski definition) is 0. The van der Waals surface area contributed by atoms with Gasteiger partial charge in [0.05, 0.1) is 22.7 Å². The van der Waals surface area contributed by atoms with Crippen molar-refractivity contribution in [1.29, 1.82) is 5.26 Å². The zero-order valence-corrected chi connectivity index (χ0v) is 24.2. The number of nitrogens with zero attached hydrogens (tertiary/aromatic N) is 4. The summed E-state index contributed by atoms with van der Waals surface area (Å²) >= 11 is 0. The summed E-state index contributed by atoms with van der Waals surface area (Å²) in [6, 6.07) is 30.7. The molecule has 8 aromatic rings. The summed E-state index contributed by atoms with van der Waals surface area (Å²) in [5, 5.41) is 11.5. The van der Waals surface area contributed by atoms with Crippen LogP contribution in [0.1, 0.15) is 27.8 Å². The number of aryl methyl sites for hydroxylation is 4. The van der Waals surface area contributed by atoms with E-state index in [2.05, 4.69) is 86.9 Å². The van der Waals surface area contributed by atoms with E-state index >= 15 is 0 Å². The van der Waals surface area contributed by atoms with E-state index in [-0.39, 0.29) is 0 Å². The van der Waals surface area contributed by atoms with Gasteiger partial charge in [0.15, 0.2) is 11.2 Å². The number of rotatable bonds is 3. The van der Waals surface area contributed by atoms with E-state index in [1.165, 1.54) is 22.3 Å². The molecule has 43 heavy (non-hydrogen) atoms. The predicted molar refractivity (Wildman–Crippen MR) is 170 cm³/mol. The number of oxazole rings is 2. The van der Waals surface area contributed by atoms with E-state index in [9.17, 15) is 5.26 Å². The molecule has 5 aromatic carbocycles. The second-order valence-electron chi connectivity index (χ2n) is 11.3. The molecule has 0 N–H and O–H groups in total. The van der Waals surface area contributed by atoms with Gasteiger partial charge in [0.25, 0.3) is 0 Å². The lowest BCUT2D eigenvalue weighted by Gasteiger charge is -2.08. The molecule has 206 valence electrons. The van der Waals surface area contributed by atoms with Crippen molar-refractivity contribution in [2.45, 2.75) is 27.7 Å². The fraction of sp³-hybridized carbons (Fsp3) is 0.108. The Balaban J connectivity index is 1.36. The highest BCUT2D eigenvalue weighted by atomic mass is 16.4. The Labute approximate surface area is 247 Å². The van der Waals surface area contributed by atoms with Crippen LogP contribution >= 0.6 is 0 Å². The van der Waals surface area contributed by atoms with Crippen LogP contribution in [0.25, 0.3) is 72.6 Å². The van der Waals surface area contributed by atoms with Crippen molar-refractivity contribution in [3.05, 3.63) is 113 Å². The Kier molecular flexibility index (Phi) is 5.35. The molecule has 0 aliphatic carbocycles. The Bertz CT molecular complexity index is 2230. The fourth-order valence-corrected chi connectivity index (χ4v) is 5.86. The first-order chi connectivity index (χ1) is 20.9. The molecule has 0 saturated carbocycles. The maximum absolute atomic E-state index is 9.36. The van der Waals surface area contributed by atoms with Crippen molar-refractivity contribution in [2.24, 2.45) is 0 Å². The molecule has 3 heterocycles. The second-order valence-corrected chi connectivity index (χ2v) is 11.3. The molecule has 3 aromatic heterocycles. The minimum Gasteiger partial charge on any atom is -0.436 e. The van der Waals surface area contributed by atoms with Crippen LogP contribution in [0.5, 0.6) is 0 Å². The van der Waals surface area contributed by atoms with E-state index in [1.54, 1.807) is 0 Å². The van der Waals surface area contributed by atoms with Crippen molar-refractivity contribution in [3.8, 4) is 34.7 Å². The van der Waals surface area contributed by atoms with Crippen molar-refractivity contribution in [1.82, 2.24) is 14.5 Å². The van der Waals surface area contributed by atoms with Crippen molar-refractivity contribution < 1.29 is 8.83 Å². The third-order valence-electron chi connectivity index (χ3n) is 8.52. The largest absolute Gasteiger partial charge is 0.436 e. The number of benzene rings is 5. The van der Waals surface area contributed by atoms with Crippen LogP contribution in [0, 0.1) is 39.0 Å². The maximum Gasteiger partial charge on any atom is 0.227 e. The molecule has 0 spiro atoms. The van der Waals surface area contributed by atoms with Crippen LogP contribution in [0.2, 0.25) is 0 Å². The fourth-order valence-electron chi connectivity index (χ4n) is 5.86. The molecule has 0 bridgehead atoms. The van der Waals surface area contributed by atoms with E-state index in [0.717, 1.165) is 60.8 Å². The summed E-state index contributed by atoms with van der Waals surface area (Å²) in [4.78, 5) is 9.66. The first kappa shape index (κ1) is 25.1. The zero-order chi connectivity index (χ0) is 29.4. The van der Waals surface area contributed by atoms with Gasteiger partial charge in [-0.15, -0.1) is 0 Å². The Hall–Kier alpha value is -5.67. The molecule has 6 nitrogen and oxygen atoms in total. The molecular weight excluding hydrogens is 532 g/mol. The molecule has 0 saturated heterocycles. The first-order valence-electron chi connectivity index (χ1n) is 14.2. The Morgan fingerprint density at radius 3 is 1.51 bits per heavy atom. The first-order valence-corrected chi connectivity index (χ1v) is 14.2. The monoisotopic (exact) mass is 558 g/mol. The SMILES string of the molecule is Cc1cc2nc(-c3ccc4c(c3)c3cc(-c5nc6cc(C)c(C)cc6o5)ccc3n4-c3ccc(C#N)cc3)oc2cc1C. The number of aromatic nitrogens is 3. The summed E-state index contributed by atoms with van der Waals surface area (Å²) < 4.78 is 14.7. The van der Waals surface area contributed by atoms with Crippen molar-refractivity contribution >= 4 is 44.0 Å². The highest BCUT2D eigenvalue weighted by Crippen LogP contribution is 2.38. The Morgan fingerprint density at radius 2 is 1.05 bits per heavy atom. The van der Waals surface area contributed by atoms with Crippen molar-refractivity contribution in [3.63, 3.8) is 0 Å². The van der Waals surface area contributed by atoms with Gasteiger partial charge < -0.3 is 13.4 Å². The molecule has 0 fully saturated rings. The lowest BCUT2D eigenvalue weighted by Crippen LogP contribution is -1.94. The van der Waals surface area contributed by atoms with Crippen molar-refractivity contribution in [2.75, 3.05) is 0 Å². The van der Waals surface area contributed by atoms with Gasteiger partial charge >= 0.3 is 0 Å². The lowest BCUT2D eigenvalue weighted by molar-refractivity contribution is 0.619. The van der Waals surface area contributed by atoms with E-state index in [4.69, 9.17) is 18.8 Å². The van der Waals surface area contributed by atoms with Gasteiger partial charge in [-0.1, -0.05) is 0 Å². The highest BCUT2D eigenvalue weighted by Gasteiger charge is 2.18. The summed E-state index contributed by atoms with van der Waals surface area (Å²) in [5.41, 5.74) is 13.4. The Morgan fingerprint density at radius 1 is 0.581 bits per heavy atom. The summed E-state index contributed by atoms with van der Waals surface area (Å²) in [6.07, 6.45) is 0. The molecule has 0 atom stereocenters. The molecule has 0 unspecified atom stereocenters. The van der Waals surface area contributed by atoms with Crippen LogP contribution in [-0.4, -0.2) is 14.5 Å². The van der Waals surface area contributed by atoms with Crippen LogP contribution in [0.15, 0.2) is 93.8 Å². The lowest BCUT2D eigenvalue weighted by atomic mass is 10.1. The second kappa shape index (κ2) is 9.17. The summed E-state index contributed by atoms with van der Waals surface area (Å²) in [6.45, 7) is 8.34. The normalized spacial score (nSPS) is 11.7. The molecular formula is C37H26N4O2. The average molecular weight is 559 g/mol. The minimum absolute atomic E-state index is 0.585. The van der Waals surface area contributed by atoms with Crippen LogP contribution < -0.4 is 0 Å². The van der Waals surface area contributed by atoms with Gasteiger partial charge in [0, 0.05) is 27.6 Å². The van der Waals surface area contributed by atoms with Crippen LogP contribution in [-0.2, 0) is 0 Å². The van der Waals surface area contributed by atoms with E-state index in [0.29, 0.717) is 17.3 Å². The zero-order valence-electron chi connectivity index (χ0n) is 24.2. The van der Waals surface area contributed by atoms with Crippen LogP contribution in [0.4, 0.5) is 0 Å². The van der Waals surface area contributed by atoms with E-state index < -0.39 is 0 Å². The van der Waals surface area contributed by atoms with Gasteiger partial charge in [0.2, 0.25) is 11.8 Å². The molecule has 8 rings (SSSR count). The molecule has 0 radical (unpaired) electrons. The standard InChI is InChI=1S/C37H26N4O2/c1-20-13-30-34(15-22(20)3)42-36(39-30)25-7-11-32-28(17-25)29-18-26(37-40-31-14-21(2)23(4)16-35(31)43-37)8-12-33(29)41(32)27-9-5-24(19-38)6-10-27/h5-18H,1-4H3. The number of nitriles is 1. The highest BCUT2D eigenvalue weighted by molar-refractivity contribution is 6.11. The smallest absolute Gasteiger partial charge is 0.227 e. The molecule has 6 heteroatoms. The van der Waals surface area contributed by atoms with Gasteiger partial charge in [-0.05, 0) is 135 Å².